The summed E-state index contributed by atoms with van der Waals surface area (Å²) in [4.78, 5) is 15.9. The molecular weight excluding hydrogens is 256 g/mol. The van der Waals surface area contributed by atoms with Crippen molar-refractivity contribution in [2.45, 2.75) is 41.0 Å². The van der Waals surface area contributed by atoms with Crippen molar-refractivity contribution >= 4 is 23.6 Å². The molecule has 1 rings (SSSR count). The van der Waals surface area contributed by atoms with Crippen LogP contribution in [0.3, 0.4) is 0 Å². The molecule has 0 amide bonds. The van der Waals surface area contributed by atoms with Crippen LogP contribution in [0, 0.1) is 10.4 Å². The third-order valence-electron chi connectivity index (χ3n) is 3.14. The summed E-state index contributed by atoms with van der Waals surface area (Å²) in [7, 11) is 3.95. The average Bonchev–Trinajstić information content (AvgIpc) is 2.42. The average molecular weight is 284 g/mol. The Morgan fingerprint density at radius 2 is 1.63 bits per heavy atom. The zero-order chi connectivity index (χ0) is 15.2. The molecule has 0 spiro atoms. The van der Waals surface area contributed by atoms with Crippen molar-refractivity contribution in [1.29, 1.82) is 0 Å². The van der Waals surface area contributed by atoms with Gasteiger partial charge >= 0.3 is 0 Å². The third-order valence-corrected chi connectivity index (χ3v) is 3.52. The van der Waals surface area contributed by atoms with Crippen molar-refractivity contribution in [2.24, 2.45) is 5.92 Å². The summed E-state index contributed by atoms with van der Waals surface area (Å²) in [6, 6.07) is 0. The van der Waals surface area contributed by atoms with E-state index in [0.29, 0.717) is 10.4 Å². The molecule has 0 aliphatic rings. The Morgan fingerprint density at radius 1 is 1.11 bits per heavy atom. The molecule has 0 atom stereocenters. The molecule has 0 saturated carbocycles. The Bertz CT molecular complexity index is 447. The van der Waals surface area contributed by atoms with Crippen molar-refractivity contribution in [3.8, 4) is 0 Å². The first-order valence-electron chi connectivity index (χ1n) is 7.15. The van der Waals surface area contributed by atoms with E-state index in [9.17, 15) is 4.79 Å². The molecule has 0 aromatic heterocycles. The van der Waals surface area contributed by atoms with E-state index >= 15 is 0 Å². The minimum Gasteiger partial charge on any atom is -0.372 e. The summed E-state index contributed by atoms with van der Waals surface area (Å²) in [6.07, 6.45) is 1.09. The van der Waals surface area contributed by atoms with E-state index in [1.165, 1.54) is 0 Å². The van der Waals surface area contributed by atoms with Gasteiger partial charge in [-0.15, -0.1) is 0 Å². The van der Waals surface area contributed by atoms with Crippen LogP contribution in [0.1, 0.15) is 41.0 Å². The summed E-state index contributed by atoms with van der Waals surface area (Å²) >= 11 is 5.13. The topological polar surface area (TPSA) is 23.6 Å². The first-order valence-corrected chi connectivity index (χ1v) is 7.56. The van der Waals surface area contributed by atoms with Crippen LogP contribution in [0.25, 0.3) is 0 Å². The van der Waals surface area contributed by atoms with E-state index in [-0.39, 0.29) is 5.43 Å². The second-order valence-corrected chi connectivity index (χ2v) is 5.38. The molecule has 0 heterocycles. The normalized spacial score (nSPS) is 10.3. The molecule has 0 radical (unpaired) electrons. The van der Waals surface area contributed by atoms with E-state index in [1.807, 2.05) is 37.7 Å². The molecule has 0 aliphatic heterocycles. The van der Waals surface area contributed by atoms with Crippen molar-refractivity contribution < 1.29 is 0 Å². The Labute approximate surface area is 122 Å². The fourth-order valence-electron chi connectivity index (χ4n) is 1.80. The zero-order valence-corrected chi connectivity index (χ0v) is 14.2. The molecular formula is C15H28N2OS. The lowest BCUT2D eigenvalue weighted by Crippen LogP contribution is -2.34. The molecule has 0 saturated heterocycles. The van der Waals surface area contributed by atoms with Crippen LogP contribution < -0.4 is 15.2 Å². The predicted molar refractivity (Wildman–Crippen MR) is 88.9 cm³/mol. The number of anilines is 2. The van der Waals surface area contributed by atoms with Crippen LogP contribution in [0.5, 0.6) is 0 Å². The van der Waals surface area contributed by atoms with Crippen molar-refractivity contribution in [3.05, 3.63) is 14.7 Å². The first kappa shape index (κ1) is 18.1. The highest BCUT2D eigenvalue weighted by atomic mass is 32.1. The zero-order valence-electron chi connectivity index (χ0n) is 13.4. The van der Waals surface area contributed by atoms with Gasteiger partial charge in [-0.1, -0.05) is 39.9 Å². The summed E-state index contributed by atoms with van der Waals surface area (Å²) in [5, 5.41) is 0. The van der Waals surface area contributed by atoms with Crippen molar-refractivity contribution in [2.75, 3.05) is 37.0 Å². The van der Waals surface area contributed by atoms with Gasteiger partial charge in [0, 0.05) is 27.2 Å². The summed E-state index contributed by atoms with van der Waals surface area (Å²) in [5.41, 5.74) is 1.76. The monoisotopic (exact) mass is 284 g/mol. The SMILES string of the molecule is CC.CCN(C)c1c(N(C)CCC(C)C)c(=O)c1=S. The molecule has 0 fully saturated rings. The van der Waals surface area contributed by atoms with Crippen LogP contribution in [-0.4, -0.2) is 27.2 Å². The van der Waals surface area contributed by atoms with E-state index in [0.717, 1.165) is 30.9 Å². The van der Waals surface area contributed by atoms with Crippen LogP contribution in [0.2, 0.25) is 0 Å². The van der Waals surface area contributed by atoms with Gasteiger partial charge in [-0.05, 0) is 19.3 Å². The van der Waals surface area contributed by atoms with Crippen LogP contribution in [0.4, 0.5) is 11.4 Å². The maximum Gasteiger partial charge on any atom is 0.224 e. The van der Waals surface area contributed by atoms with Gasteiger partial charge in [-0.25, -0.2) is 0 Å². The first-order chi connectivity index (χ1) is 8.90. The maximum absolute atomic E-state index is 11.8. The lowest BCUT2D eigenvalue weighted by Gasteiger charge is -2.29. The van der Waals surface area contributed by atoms with Crippen molar-refractivity contribution in [3.63, 3.8) is 0 Å². The summed E-state index contributed by atoms with van der Waals surface area (Å²) in [5.74, 6) is 0.646. The molecule has 0 bridgehead atoms. The van der Waals surface area contributed by atoms with Crippen LogP contribution >= 0.6 is 12.2 Å². The molecule has 19 heavy (non-hydrogen) atoms. The van der Waals surface area contributed by atoms with E-state index < -0.39 is 0 Å². The Hall–Kier alpha value is -0.900. The molecule has 3 nitrogen and oxygen atoms in total. The Balaban J connectivity index is 0.00000154. The maximum atomic E-state index is 11.8. The molecule has 1 aromatic rings. The number of hydrogen-bond acceptors (Lipinski definition) is 4. The Morgan fingerprint density at radius 3 is 2.05 bits per heavy atom. The largest absolute Gasteiger partial charge is 0.372 e. The molecule has 0 aliphatic carbocycles. The lowest BCUT2D eigenvalue weighted by molar-refractivity contribution is 0.584. The van der Waals surface area contributed by atoms with Gasteiger partial charge in [0.25, 0.3) is 0 Å². The summed E-state index contributed by atoms with van der Waals surface area (Å²) in [6.45, 7) is 12.2. The van der Waals surface area contributed by atoms with Gasteiger partial charge in [0.15, 0.2) is 0 Å². The number of nitrogens with zero attached hydrogens (tertiary/aromatic N) is 2. The highest BCUT2D eigenvalue weighted by molar-refractivity contribution is 7.71. The molecule has 4 heteroatoms. The molecule has 110 valence electrons. The van der Waals surface area contributed by atoms with Crippen LogP contribution in [-0.2, 0) is 0 Å². The standard InChI is InChI=1S/C13H22N2OS.C2H6/c1-6-14(4)11-10(12(16)13(11)17)15(5)8-7-9(2)3;1-2/h9H,6-8H2,1-5H3;1-2H3. The molecule has 1 aromatic carbocycles. The predicted octanol–water partition coefficient (Wildman–Crippen LogP) is 3.62. The van der Waals surface area contributed by atoms with E-state index in [1.54, 1.807) is 0 Å². The van der Waals surface area contributed by atoms with Crippen LogP contribution in [0.15, 0.2) is 4.79 Å². The minimum absolute atomic E-state index is 0.0292. The Kier molecular flexibility index (Phi) is 7.91. The number of rotatable bonds is 6. The lowest BCUT2D eigenvalue weighted by atomic mass is 10.1. The van der Waals surface area contributed by atoms with E-state index in [2.05, 4.69) is 20.8 Å². The highest BCUT2D eigenvalue weighted by Crippen LogP contribution is 2.29. The second-order valence-electron chi connectivity index (χ2n) is 4.97. The van der Waals surface area contributed by atoms with Gasteiger partial charge in [-0.2, -0.15) is 0 Å². The van der Waals surface area contributed by atoms with Gasteiger partial charge in [-0.3, -0.25) is 4.79 Å². The number of hydrogen-bond donors (Lipinski definition) is 0. The third kappa shape index (κ3) is 4.30. The molecule has 0 unspecified atom stereocenters. The molecule has 0 N–H and O–H groups in total. The van der Waals surface area contributed by atoms with E-state index in [4.69, 9.17) is 12.2 Å². The summed E-state index contributed by atoms with van der Waals surface area (Å²) < 4.78 is 0.487. The minimum atomic E-state index is 0.0292. The van der Waals surface area contributed by atoms with Crippen molar-refractivity contribution in [1.82, 2.24) is 0 Å². The smallest absolute Gasteiger partial charge is 0.224 e. The van der Waals surface area contributed by atoms with Gasteiger partial charge in [0.05, 0.1) is 5.69 Å². The van der Waals surface area contributed by atoms with Gasteiger partial charge in [0.2, 0.25) is 5.43 Å². The highest BCUT2D eigenvalue weighted by Gasteiger charge is 2.23. The van der Waals surface area contributed by atoms with Gasteiger partial charge < -0.3 is 9.80 Å². The van der Waals surface area contributed by atoms with Gasteiger partial charge in [0.1, 0.15) is 10.2 Å². The second kappa shape index (κ2) is 8.31. The fraction of sp³-hybridized carbons (Fsp3) is 0.733. The fourth-order valence-corrected chi connectivity index (χ4v) is 2.15. The quantitative estimate of drug-likeness (QED) is 0.745.